The molecule has 1 aliphatic heterocycles. The molecule has 0 aromatic heterocycles. The van der Waals surface area contributed by atoms with Crippen LogP contribution < -0.4 is 0 Å². The summed E-state index contributed by atoms with van der Waals surface area (Å²) in [6.07, 6.45) is 2.75. The van der Waals surface area contributed by atoms with Crippen LogP contribution >= 0.6 is 15.9 Å². The Hall–Kier alpha value is -0.340. The lowest BCUT2D eigenvalue weighted by Gasteiger charge is -2.31. The summed E-state index contributed by atoms with van der Waals surface area (Å²) in [7, 11) is 0. The molecule has 0 N–H and O–H groups in total. The molecule has 1 fully saturated rings. The van der Waals surface area contributed by atoms with E-state index in [-0.39, 0.29) is 0 Å². The van der Waals surface area contributed by atoms with Crippen molar-refractivity contribution in [3.8, 4) is 0 Å². The van der Waals surface area contributed by atoms with Crippen molar-refractivity contribution in [1.82, 2.24) is 4.90 Å². The molecule has 1 saturated heterocycles. The van der Waals surface area contributed by atoms with E-state index >= 15 is 0 Å². The first-order valence-electron chi connectivity index (χ1n) is 5.71. The number of nitrogens with zero attached hydrogens (tertiary/aromatic N) is 1. The predicted octanol–water partition coefficient (Wildman–Crippen LogP) is 3.68. The molecule has 0 saturated carbocycles. The fraction of sp³-hybridized carbons (Fsp3) is 0.538. The highest BCUT2D eigenvalue weighted by Crippen LogP contribution is 2.21. The molecule has 1 aromatic carbocycles. The van der Waals surface area contributed by atoms with Gasteiger partial charge in [0.15, 0.2) is 0 Å². The summed E-state index contributed by atoms with van der Waals surface area (Å²) in [4.78, 5) is 2.56. The summed E-state index contributed by atoms with van der Waals surface area (Å²) in [5.41, 5.74) is 1.41. The van der Waals surface area contributed by atoms with Crippen LogP contribution in [0.4, 0.5) is 0 Å². The number of halogens is 1. The van der Waals surface area contributed by atoms with E-state index in [1.54, 1.807) is 0 Å². The van der Waals surface area contributed by atoms with E-state index in [1.165, 1.54) is 36.0 Å². The Kier molecular flexibility index (Phi) is 3.81. The Labute approximate surface area is 101 Å². The highest BCUT2D eigenvalue weighted by molar-refractivity contribution is 9.10. The van der Waals surface area contributed by atoms with Gasteiger partial charge in [0, 0.05) is 17.6 Å². The van der Waals surface area contributed by atoms with Gasteiger partial charge in [0.05, 0.1) is 0 Å². The number of benzene rings is 1. The Morgan fingerprint density at radius 2 is 2.20 bits per heavy atom. The van der Waals surface area contributed by atoms with Gasteiger partial charge in [-0.2, -0.15) is 0 Å². The zero-order valence-electron chi connectivity index (χ0n) is 9.25. The van der Waals surface area contributed by atoms with Gasteiger partial charge in [0.1, 0.15) is 0 Å². The summed E-state index contributed by atoms with van der Waals surface area (Å²) in [5, 5.41) is 0. The van der Waals surface area contributed by atoms with Crippen LogP contribution in [0.15, 0.2) is 28.7 Å². The molecule has 2 heteroatoms. The first kappa shape index (κ1) is 11.2. The molecule has 1 aromatic rings. The number of piperidine rings is 1. The van der Waals surface area contributed by atoms with Gasteiger partial charge in [0.25, 0.3) is 0 Å². The molecule has 0 radical (unpaired) electrons. The average molecular weight is 268 g/mol. The monoisotopic (exact) mass is 267 g/mol. The van der Waals surface area contributed by atoms with Gasteiger partial charge in [-0.05, 0) is 36.9 Å². The molecule has 1 aliphatic rings. The van der Waals surface area contributed by atoms with E-state index in [9.17, 15) is 0 Å². The van der Waals surface area contributed by atoms with Gasteiger partial charge in [-0.15, -0.1) is 0 Å². The molecule has 1 atom stereocenters. The Morgan fingerprint density at radius 3 is 2.93 bits per heavy atom. The quantitative estimate of drug-likeness (QED) is 0.790. The van der Waals surface area contributed by atoms with Crippen molar-refractivity contribution < 1.29 is 0 Å². The molecule has 0 amide bonds. The van der Waals surface area contributed by atoms with E-state index in [1.807, 2.05) is 0 Å². The molecule has 15 heavy (non-hydrogen) atoms. The van der Waals surface area contributed by atoms with E-state index in [2.05, 4.69) is 52.0 Å². The minimum Gasteiger partial charge on any atom is -0.299 e. The smallest absolute Gasteiger partial charge is 0.0245 e. The second-order valence-corrected chi connectivity index (χ2v) is 5.43. The lowest BCUT2D eigenvalue weighted by molar-refractivity contribution is 0.176. The van der Waals surface area contributed by atoms with Crippen LogP contribution in [0.2, 0.25) is 0 Å². The molecule has 0 spiro atoms. The topological polar surface area (TPSA) is 3.24 Å². The Balaban J connectivity index is 1.99. The molecule has 0 bridgehead atoms. The zero-order valence-corrected chi connectivity index (χ0v) is 10.8. The number of hydrogen-bond acceptors (Lipinski definition) is 1. The minimum absolute atomic E-state index is 0.862. The van der Waals surface area contributed by atoms with Crippen LogP contribution in [0.3, 0.4) is 0 Å². The van der Waals surface area contributed by atoms with Crippen molar-refractivity contribution in [2.24, 2.45) is 5.92 Å². The summed E-state index contributed by atoms with van der Waals surface area (Å²) < 4.78 is 1.24. The fourth-order valence-electron chi connectivity index (χ4n) is 2.30. The van der Waals surface area contributed by atoms with Gasteiger partial charge in [0.2, 0.25) is 0 Å². The van der Waals surface area contributed by atoms with Gasteiger partial charge >= 0.3 is 0 Å². The van der Waals surface area contributed by atoms with Crippen LogP contribution in [0.5, 0.6) is 0 Å². The first-order valence-corrected chi connectivity index (χ1v) is 6.51. The summed E-state index contributed by atoms with van der Waals surface area (Å²) >= 11 is 3.61. The van der Waals surface area contributed by atoms with Crippen molar-refractivity contribution in [2.75, 3.05) is 13.1 Å². The number of rotatable bonds is 2. The Morgan fingerprint density at radius 1 is 1.40 bits per heavy atom. The second kappa shape index (κ2) is 5.13. The van der Waals surface area contributed by atoms with Gasteiger partial charge in [-0.1, -0.05) is 41.1 Å². The maximum Gasteiger partial charge on any atom is 0.0245 e. The molecule has 0 aliphatic carbocycles. The van der Waals surface area contributed by atoms with Crippen LogP contribution in [-0.2, 0) is 6.54 Å². The third-order valence-electron chi connectivity index (χ3n) is 3.09. The highest BCUT2D eigenvalue weighted by atomic mass is 79.9. The predicted molar refractivity (Wildman–Crippen MR) is 67.8 cm³/mol. The molecular weight excluding hydrogens is 250 g/mol. The molecule has 2 rings (SSSR count). The number of hydrogen-bond donors (Lipinski definition) is 0. The van der Waals surface area contributed by atoms with Gasteiger partial charge < -0.3 is 0 Å². The van der Waals surface area contributed by atoms with Crippen molar-refractivity contribution in [3.05, 3.63) is 34.3 Å². The van der Waals surface area contributed by atoms with Crippen molar-refractivity contribution >= 4 is 15.9 Å². The maximum absolute atomic E-state index is 3.61. The van der Waals surface area contributed by atoms with Gasteiger partial charge in [-0.3, -0.25) is 4.90 Å². The van der Waals surface area contributed by atoms with Crippen LogP contribution in [0.1, 0.15) is 25.3 Å². The van der Waals surface area contributed by atoms with Crippen LogP contribution in [0, 0.1) is 5.92 Å². The standard InChI is InChI=1S/C13H18BrN/c1-11-5-4-8-15(9-11)10-12-6-2-3-7-13(12)14/h2-3,6-7,11H,4-5,8-10H2,1H3/t11-/m0/s1. The number of likely N-dealkylation sites (tertiary alicyclic amines) is 1. The van der Waals surface area contributed by atoms with Crippen LogP contribution in [0.25, 0.3) is 0 Å². The minimum atomic E-state index is 0.862. The van der Waals surface area contributed by atoms with E-state index in [0.29, 0.717) is 0 Å². The summed E-state index contributed by atoms with van der Waals surface area (Å²) in [6, 6.07) is 8.53. The highest BCUT2D eigenvalue weighted by Gasteiger charge is 2.16. The second-order valence-electron chi connectivity index (χ2n) is 4.57. The van der Waals surface area contributed by atoms with Crippen molar-refractivity contribution in [2.45, 2.75) is 26.3 Å². The molecule has 0 unspecified atom stereocenters. The molecule has 1 heterocycles. The molecule has 1 nitrogen and oxygen atoms in total. The lowest BCUT2D eigenvalue weighted by atomic mass is 10.00. The van der Waals surface area contributed by atoms with Crippen molar-refractivity contribution in [1.29, 1.82) is 0 Å². The summed E-state index contributed by atoms with van der Waals surface area (Å²) in [6.45, 7) is 5.95. The van der Waals surface area contributed by atoms with E-state index in [4.69, 9.17) is 0 Å². The molecular formula is C13H18BrN. The van der Waals surface area contributed by atoms with E-state index < -0.39 is 0 Å². The Bertz CT molecular complexity index is 324. The maximum atomic E-state index is 3.61. The fourth-order valence-corrected chi connectivity index (χ4v) is 2.71. The summed E-state index contributed by atoms with van der Waals surface area (Å²) in [5.74, 6) is 0.862. The zero-order chi connectivity index (χ0) is 10.7. The average Bonchev–Trinajstić information content (AvgIpc) is 2.22. The third-order valence-corrected chi connectivity index (χ3v) is 3.87. The van der Waals surface area contributed by atoms with E-state index in [0.717, 1.165) is 12.5 Å². The van der Waals surface area contributed by atoms with Crippen LogP contribution in [-0.4, -0.2) is 18.0 Å². The lowest BCUT2D eigenvalue weighted by Crippen LogP contribution is -2.33. The largest absolute Gasteiger partial charge is 0.299 e. The SMILES string of the molecule is C[C@H]1CCCN(Cc2ccccc2Br)C1. The molecule has 82 valence electrons. The normalized spacial score (nSPS) is 22.9. The first-order chi connectivity index (χ1) is 7.25. The van der Waals surface area contributed by atoms with Crippen molar-refractivity contribution in [3.63, 3.8) is 0 Å². The third kappa shape index (κ3) is 3.05. The van der Waals surface area contributed by atoms with Gasteiger partial charge in [-0.25, -0.2) is 0 Å².